The number of ketones is 1. The van der Waals surface area contributed by atoms with Gasteiger partial charge in [0.05, 0.1) is 21.6 Å². The molecule has 0 saturated carbocycles. The predicted molar refractivity (Wildman–Crippen MR) is 107 cm³/mol. The summed E-state index contributed by atoms with van der Waals surface area (Å²) in [6.07, 6.45) is 0.467. The van der Waals surface area contributed by atoms with Crippen molar-refractivity contribution in [3.63, 3.8) is 0 Å². The van der Waals surface area contributed by atoms with E-state index in [0.29, 0.717) is 12.0 Å². The summed E-state index contributed by atoms with van der Waals surface area (Å²) in [7, 11) is 0. The molecule has 1 fully saturated rings. The van der Waals surface area contributed by atoms with Gasteiger partial charge in [0.15, 0.2) is 5.78 Å². The van der Waals surface area contributed by atoms with E-state index in [2.05, 4.69) is 15.6 Å². The second-order valence-corrected chi connectivity index (χ2v) is 8.65. The normalized spacial score (nSPS) is 23.2. The molecule has 1 saturated heterocycles. The fourth-order valence-corrected chi connectivity index (χ4v) is 3.86. The van der Waals surface area contributed by atoms with Crippen LogP contribution in [-0.4, -0.2) is 41.0 Å². The van der Waals surface area contributed by atoms with Gasteiger partial charge in [-0.15, -0.1) is 11.3 Å². The lowest BCUT2D eigenvalue weighted by molar-refractivity contribution is -0.133. The molecule has 0 bridgehead atoms. The zero-order valence-corrected chi connectivity index (χ0v) is 17.3. The third kappa shape index (κ3) is 4.23. The standard InChI is InChI=1S/C20H25N3O4S/c1-11(2)7-15(19(26)23-20(4)12(3)16(24)9-27-20)22-18(25)13-5-6-17-14(8-13)21-10-28-17/h5-6,8,10-12,15H,7,9H2,1-4H3,(H,22,25)(H,23,26). The van der Waals surface area contributed by atoms with Gasteiger partial charge in [-0.2, -0.15) is 0 Å². The molecule has 1 aromatic carbocycles. The molecule has 7 nitrogen and oxygen atoms in total. The minimum Gasteiger partial charge on any atom is -0.348 e. The van der Waals surface area contributed by atoms with Crippen molar-refractivity contribution < 1.29 is 19.1 Å². The molecule has 1 aromatic heterocycles. The number of fused-ring (bicyclic) bond motifs is 1. The molecule has 0 aliphatic carbocycles. The summed E-state index contributed by atoms with van der Waals surface area (Å²) in [6, 6.07) is 4.55. The first-order valence-electron chi connectivity index (χ1n) is 9.32. The molecule has 1 aliphatic heterocycles. The van der Waals surface area contributed by atoms with E-state index in [1.807, 2.05) is 19.9 Å². The third-order valence-corrected chi connectivity index (χ3v) is 5.93. The number of hydrogen-bond donors (Lipinski definition) is 2. The average molecular weight is 404 g/mol. The van der Waals surface area contributed by atoms with Crippen molar-refractivity contribution in [2.45, 2.75) is 45.9 Å². The zero-order chi connectivity index (χ0) is 20.5. The summed E-state index contributed by atoms with van der Waals surface area (Å²) in [4.78, 5) is 41.7. The van der Waals surface area contributed by atoms with Gasteiger partial charge < -0.3 is 15.4 Å². The number of carbonyl (C=O) groups excluding carboxylic acids is 3. The minimum absolute atomic E-state index is 0.0210. The number of hydrogen-bond acceptors (Lipinski definition) is 6. The van der Waals surface area contributed by atoms with Gasteiger partial charge in [0.25, 0.3) is 5.91 Å². The number of Topliss-reactive ketones (excluding diaryl/α,β-unsaturated/α-hetero) is 1. The predicted octanol–water partition coefficient (Wildman–Crippen LogP) is 2.51. The summed E-state index contributed by atoms with van der Waals surface area (Å²) in [6.45, 7) is 7.35. The highest BCUT2D eigenvalue weighted by Gasteiger charge is 2.45. The molecule has 3 rings (SSSR count). The fraction of sp³-hybridized carbons (Fsp3) is 0.500. The molecule has 1 aliphatic rings. The molecule has 0 spiro atoms. The van der Waals surface area contributed by atoms with Gasteiger partial charge in [0.1, 0.15) is 18.4 Å². The molecule has 2 N–H and O–H groups in total. The minimum atomic E-state index is -1.06. The van der Waals surface area contributed by atoms with Crippen LogP contribution in [0.25, 0.3) is 10.2 Å². The van der Waals surface area contributed by atoms with Crippen molar-refractivity contribution in [1.29, 1.82) is 0 Å². The van der Waals surface area contributed by atoms with E-state index in [1.165, 1.54) is 11.3 Å². The number of aromatic nitrogens is 1. The highest BCUT2D eigenvalue weighted by atomic mass is 32.1. The summed E-state index contributed by atoms with van der Waals surface area (Å²) in [5.41, 5.74) is 1.87. The number of ether oxygens (including phenoxy) is 1. The van der Waals surface area contributed by atoms with Crippen LogP contribution in [0.1, 0.15) is 44.5 Å². The Morgan fingerprint density at radius 3 is 2.79 bits per heavy atom. The van der Waals surface area contributed by atoms with Crippen molar-refractivity contribution in [2.75, 3.05) is 6.61 Å². The lowest BCUT2D eigenvalue weighted by atomic mass is 9.96. The van der Waals surface area contributed by atoms with Crippen molar-refractivity contribution in [3.8, 4) is 0 Å². The fourth-order valence-electron chi connectivity index (χ4n) is 3.20. The molecular weight excluding hydrogens is 378 g/mol. The highest BCUT2D eigenvalue weighted by Crippen LogP contribution is 2.27. The van der Waals surface area contributed by atoms with Crippen LogP contribution in [-0.2, 0) is 14.3 Å². The molecule has 3 atom stereocenters. The van der Waals surface area contributed by atoms with Crippen LogP contribution in [0.4, 0.5) is 0 Å². The van der Waals surface area contributed by atoms with E-state index in [1.54, 1.807) is 31.5 Å². The molecule has 0 radical (unpaired) electrons. The van der Waals surface area contributed by atoms with E-state index < -0.39 is 17.7 Å². The van der Waals surface area contributed by atoms with Gasteiger partial charge in [-0.05, 0) is 37.5 Å². The number of amides is 2. The monoisotopic (exact) mass is 403 g/mol. The van der Waals surface area contributed by atoms with Crippen molar-refractivity contribution in [1.82, 2.24) is 15.6 Å². The Morgan fingerprint density at radius 1 is 1.39 bits per heavy atom. The van der Waals surface area contributed by atoms with Crippen LogP contribution in [0.15, 0.2) is 23.7 Å². The van der Waals surface area contributed by atoms with Crippen LogP contribution in [0.5, 0.6) is 0 Å². The molecule has 8 heteroatoms. The number of benzene rings is 1. The zero-order valence-electron chi connectivity index (χ0n) is 16.4. The summed E-state index contributed by atoms with van der Waals surface area (Å²) in [5, 5.41) is 5.64. The van der Waals surface area contributed by atoms with Gasteiger partial charge in [0.2, 0.25) is 5.91 Å². The molecule has 150 valence electrons. The topological polar surface area (TPSA) is 97.4 Å². The summed E-state index contributed by atoms with van der Waals surface area (Å²) >= 11 is 1.50. The Bertz CT molecular complexity index is 910. The van der Waals surface area contributed by atoms with Gasteiger partial charge in [0, 0.05) is 5.56 Å². The molecule has 3 unspecified atom stereocenters. The lowest BCUT2D eigenvalue weighted by Crippen LogP contribution is -2.57. The van der Waals surface area contributed by atoms with E-state index in [4.69, 9.17) is 4.74 Å². The maximum atomic E-state index is 12.9. The second kappa shape index (κ2) is 7.97. The maximum absolute atomic E-state index is 12.9. The van der Waals surface area contributed by atoms with Crippen molar-refractivity contribution in [3.05, 3.63) is 29.3 Å². The van der Waals surface area contributed by atoms with E-state index in [-0.39, 0.29) is 30.1 Å². The molecule has 2 aromatic rings. The van der Waals surface area contributed by atoms with E-state index in [9.17, 15) is 14.4 Å². The first-order valence-corrected chi connectivity index (χ1v) is 10.2. The smallest absolute Gasteiger partial charge is 0.252 e. The molecular formula is C20H25N3O4S. The average Bonchev–Trinajstić information content (AvgIpc) is 3.20. The molecule has 2 amide bonds. The number of thiazole rings is 1. The quantitative estimate of drug-likeness (QED) is 0.772. The van der Waals surface area contributed by atoms with Gasteiger partial charge in [-0.25, -0.2) is 4.98 Å². The van der Waals surface area contributed by atoms with Crippen LogP contribution >= 0.6 is 11.3 Å². The van der Waals surface area contributed by atoms with Crippen molar-refractivity contribution in [2.24, 2.45) is 11.8 Å². The number of nitrogens with one attached hydrogen (secondary N) is 2. The molecule has 28 heavy (non-hydrogen) atoms. The van der Waals surface area contributed by atoms with Gasteiger partial charge in [-0.1, -0.05) is 20.8 Å². The number of rotatable bonds is 6. The first-order chi connectivity index (χ1) is 13.2. The molecule has 2 heterocycles. The highest BCUT2D eigenvalue weighted by molar-refractivity contribution is 7.16. The van der Waals surface area contributed by atoms with Crippen LogP contribution in [0.3, 0.4) is 0 Å². The van der Waals surface area contributed by atoms with E-state index >= 15 is 0 Å². The Labute approximate surface area is 167 Å². The maximum Gasteiger partial charge on any atom is 0.252 e. The first kappa shape index (κ1) is 20.4. The van der Waals surface area contributed by atoms with Crippen LogP contribution in [0, 0.1) is 11.8 Å². The second-order valence-electron chi connectivity index (χ2n) is 7.76. The summed E-state index contributed by atoms with van der Waals surface area (Å²) in [5.74, 6) is -1.01. The number of nitrogens with zero attached hydrogens (tertiary/aromatic N) is 1. The van der Waals surface area contributed by atoms with Gasteiger partial charge >= 0.3 is 0 Å². The van der Waals surface area contributed by atoms with Crippen molar-refractivity contribution >= 4 is 39.2 Å². The lowest BCUT2D eigenvalue weighted by Gasteiger charge is -2.31. The largest absolute Gasteiger partial charge is 0.348 e. The van der Waals surface area contributed by atoms with Crippen LogP contribution in [0.2, 0.25) is 0 Å². The Kier molecular flexibility index (Phi) is 5.81. The Morgan fingerprint density at radius 2 is 2.14 bits per heavy atom. The van der Waals surface area contributed by atoms with Gasteiger partial charge in [-0.3, -0.25) is 14.4 Å². The Balaban J connectivity index is 1.74. The van der Waals surface area contributed by atoms with Crippen LogP contribution < -0.4 is 10.6 Å². The Hall–Kier alpha value is -2.32. The number of carbonyl (C=O) groups is 3. The summed E-state index contributed by atoms with van der Waals surface area (Å²) < 4.78 is 6.52. The third-order valence-electron chi connectivity index (χ3n) is 5.12. The van der Waals surface area contributed by atoms with E-state index in [0.717, 1.165) is 10.2 Å². The SMILES string of the molecule is CC(C)CC(NC(=O)c1ccc2scnc2c1)C(=O)NC1(C)OCC(=O)C1C.